The lowest BCUT2D eigenvalue weighted by Crippen LogP contribution is -2.02. The van der Waals surface area contributed by atoms with Gasteiger partial charge in [0, 0.05) is 12.2 Å². The molecule has 0 aromatic heterocycles. The van der Waals surface area contributed by atoms with Gasteiger partial charge >= 0.3 is 0 Å². The highest BCUT2D eigenvalue weighted by Gasteiger charge is 1.98. The fourth-order valence-electron chi connectivity index (χ4n) is 2.01. The maximum absolute atomic E-state index is 3.45. The minimum Gasteiger partial charge on any atom is -0.381 e. The number of aryl methyl sites for hydroxylation is 1. The van der Waals surface area contributed by atoms with Crippen molar-refractivity contribution in [3.63, 3.8) is 0 Å². The van der Waals surface area contributed by atoms with E-state index in [1.807, 2.05) is 0 Å². The van der Waals surface area contributed by atoms with Crippen molar-refractivity contribution in [1.82, 2.24) is 0 Å². The molecule has 2 bridgehead atoms. The summed E-state index contributed by atoms with van der Waals surface area (Å²) in [6.45, 7) is 5.35. The van der Waals surface area contributed by atoms with E-state index in [4.69, 9.17) is 0 Å². The predicted octanol–water partition coefficient (Wildman–Crippen LogP) is 4.33. The molecule has 1 aromatic carbocycles. The van der Waals surface area contributed by atoms with Gasteiger partial charge in [-0.2, -0.15) is 0 Å². The van der Waals surface area contributed by atoms with Crippen molar-refractivity contribution in [3.05, 3.63) is 53.1 Å². The molecule has 2 heterocycles. The Morgan fingerprint density at radius 2 is 1.59 bits per heavy atom. The number of anilines is 1. The van der Waals surface area contributed by atoms with E-state index in [0.29, 0.717) is 0 Å². The molecule has 0 unspecified atom stereocenters. The van der Waals surface area contributed by atoms with E-state index in [0.717, 1.165) is 19.4 Å². The average molecular weight is 227 g/mol. The SMILES string of the molecule is C/C1=C/C/C=C(\C)CNc2ccc(cc2)CC1. The molecule has 17 heavy (non-hydrogen) atoms. The van der Waals surface area contributed by atoms with E-state index in [9.17, 15) is 0 Å². The van der Waals surface area contributed by atoms with Gasteiger partial charge in [0.2, 0.25) is 0 Å². The summed E-state index contributed by atoms with van der Waals surface area (Å²) in [7, 11) is 0. The number of hydrogen-bond donors (Lipinski definition) is 1. The molecule has 0 saturated heterocycles. The first kappa shape index (κ1) is 12.0. The van der Waals surface area contributed by atoms with Gasteiger partial charge in [-0.1, -0.05) is 35.4 Å². The molecule has 1 N–H and O–H groups in total. The Balaban J connectivity index is 2.19. The summed E-state index contributed by atoms with van der Waals surface area (Å²) in [6, 6.07) is 8.82. The number of fused-ring (bicyclic) bond motifs is 8. The zero-order chi connectivity index (χ0) is 12.1. The van der Waals surface area contributed by atoms with Gasteiger partial charge in [-0.15, -0.1) is 0 Å². The van der Waals surface area contributed by atoms with Crippen LogP contribution in [-0.4, -0.2) is 6.54 Å². The van der Waals surface area contributed by atoms with E-state index >= 15 is 0 Å². The van der Waals surface area contributed by atoms with Crippen LogP contribution in [0.3, 0.4) is 0 Å². The fraction of sp³-hybridized carbons (Fsp3) is 0.375. The van der Waals surface area contributed by atoms with Crippen molar-refractivity contribution >= 4 is 5.69 Å². The Labute approximate surface area is 104 Å². The largest absolute Gasteiger partial charge is 0.381 e. The van der Waals surface area contributed by atoms with Crippen LogP contribution in [0.15, 0.2) is 47.6 Å². The highest BCUT2D eigenvalue weighted by atomic mass is 14.9. The summed E-state index contributed by atoms with van der Waals surface area (Å²) in [5.74, 6) is 0. The van der Waals surface area contributed by atoms with Gasteiger partial charge in [0.15, 0.2) is 0 Å². The van der Waals surface area contributed by atoms with Crippen LogP contribution >= 0.6 is 0 Å². The Morgan fingerprint density at radius 1 is 0.882 bits per heavy atom. The van der Waals surface area contributed by atoms with Gasteiger partial charge in [0.1, 0.15) is 0 Å². The maximum Gasteiger partial charge on any atom is 0.0357 e. The second kappa shape index (κ2) is 5.72. The van der Waals surface area contributed by atoms with E-state index in [1.165, 1.54) is 28.8 Å². The van der Waals surface area contributed by atoms with Crippen LogP contribution in [0.4, 0.5) is 5.69 Å². The van der Waals surface area contributed by atoms with Crippen molar-refractivity contribution < 1.29 is 0 Å². The third kappa shape index (κ3) is 3.77. The van der Waals surface area contributed by atoms with Crippen LogP contribution < -0.4 is 5.32 Å². The molecule has 90 valence electrons. The van der Waals surface area contributed by atoms with E-state index in [1.54, 1.807) is 0 Å². The van der Waals surface area contributed by atoms with Crippen molar-refractivity contribution in [3.8, 4) is 0 Å². The molecule has 2 aliphatic heterocycles. The van der Waals surface area contributed by atoms with Gasteiger partial charge in [-0.3, -0.25) is 0 Å². The molecular weight excluding hydrogens is 206 g/mol. The second-order valence-corrected chi connectivity index (χ2v) is 4.89. The smallest absolute Gasteiger partial charge is 0.0357 e. The molecule has 1 heteroatoms. The lowest BCUT2D eigenvalue weighted by atomic mass is 10.0. The molecule has 0 radical (unpaired) electrons. The molecule has 0 saturated carbocycles. The molecular formula is C16H21N. The Bertz CT molecular complexity index is 382. The van der Waals surface area contributed by atoms with Crippen molar-refractivity contribution in [2.45, 2.75) is 33.1 Å². The van der Waals surface area contributed by atoms with E-state index in [-0.39, 0.29) is 0 Å². The molecule has 0 amide bonds. The number of allylic oxidation sites excluding steroid dienone is 3. The summed E-state index contributed by atoms with van der Waals surface area (Å²) in [5, 5.41) is 3.45. The van der Waals surface area contributed by atoms with Gasteiger partial charge in [-0.25, -0.2) is 0 Å². The lowest BCUT2D eigenvalue weighted by molar-refractivity contribution is 0.934. The van der Waals surface area contributed by atoms with Gasteiger partial charge in [0.05, 0.1) is 0 Å². The van der Waals surface area contributed by atoms with Crippen LogP contribution in [0.1, 0.15) is 32.3 Å². The number of nitrogens with one attached hydrogen (secondary N) is 1. The van der Waals surface area contributed by atoms with E-state index in [2.05, 4.69) is 55.6 Å². The van der Waals surface area contributed by atoms with Crippen molar-refractivity contribution in [2.75, 3.05) is 11.9 Å². The fourth-order valence-corrected chi connectivity index (χ4v) is 2.01. The normalized spacial score (nSPS) is 23.2. The zero-order valence-electron chi connectivity index (χ0n) is 10.8. The summed E-state index contributed by atoms with van der Waals surface area (Å²) < 4.78 is 0. The molecule has 2 aliphatic rings. The molecule has 0 aliphatic carbocycles. The van der Waals surface area contributed by atoms with Gasteiger partial charge < -0.3 is 5.32 Å². The second-order valence-electron chi connectivity index (χ2n) is 4.89. The third-order valence-electron chi connectivity index (χ3n) is 3.27. The molecule has 0 atom stereocenters. The van der Waals surface area contributed by atoms with Crippen molar-refractivity contribution in [1.29, 1.82) is 0 Å². The van der Waals surface area contributed by atoms with Crippen LogP contribution in [0.5, 0.6) is 0 Å². The van der Waals surface area contributed by atoms with Crippen LogP contribution in [0, 0.1) is 0 Å². The quantitative estimate of drug-likeness (QED) is 0.651. The molecule has 1 aromatic rings. The Hall–Kier alpha value is -1.50. The maximum atomic E-state index is 3.45. The number of benzene rings is 1. The first-order chi connectivity index (χ1) is 8.24. The standard InChI is InChI=1S/C16H21N/c1-13-4-3-5-14(2)12-17-16-10-8-15(7-6-13)9-11-16/h4-5,8-11,17H,3,6-7,12H2,1-2H3/b13-4-,14-5+. The Morgan fingerprint density at radius 3 is 2.35 bits per heavy atom. The monoisotopic (exact) mass is 227 g/mol. The van der Waals surface area contributed by atoms with Crippen LogP contribution in [0.2, 0.25) is 0 Å². The molecule has 1 nitrogen and oxygen atoms in total. The third-order valence-corrected chi connectivity index (χ3v) is 3.27. The summed E-state index contributed by atoms with van der Waals surface area (Å²) in [6.07, 6.45) is 8.02. The van der Waals surface area contributed by atoms with Crippen LogP contribution in [-0.2, 0) is 6.42 Å². The van der Waals surface area contributed by atoms with Gasteiger partial charge in [-0.05, 0) is 50.8 Å². The lowest BCUT2D eigenvalue weighted by Gasteiger charge is -2.07. The first-order valence-corrected chi connectivity index (χ1v) is 6.38. The number of rotatable bonds is 0. The molecule has 0 fully saturated rings. The van der Waals surface area contributed by atoms with Crippen LogP contribution in [0.25, 0.3) is 0 Å². The molecule has 0 spiro atoms. The van der Waals surface area contributed by atoms with Gasteiger partial charge in [0.25, 0.3) is 0 Å². The number of hydrogen-bond acceptors (Lipinski definition) is 1. The minimum absolute atomic E-state index is 0.937. The summed E-state index contributed by atoms with van der Waals surface area (Å²) in [4.78, 5) is 0. The van der Waals surface area contributed by atoms with Crippen molar-refractivity contribution in [2.24, 2.45) is 0 Å². The molecule has 3 rings (SSSR count). The average Bonchev–Trinajstić information content (AvgIpc) is 2.36. The zero-order valence-corrected chi connectivity index (χ0v) is 10.8. The Kier molecular flexibility index (Phi) is 4.03. The summed E-state index contributed by atoms with van der Waals surface area (Å²) in [5.41, 5.74) is 5.53. The first-order valence-electron chi connectivity index (χ1n) is 6.38. The topological polar surface area (TPSA) is 12.0 Å². The highest BCUT2D eigenvalue weighted by Crippen LogP contribution is 2.15. The summed E-state index contributed by atoms with van der Waals surface area (Å²) >= 11 is 0. The minimum atomic E-state index is 0.937. The predicted molar refractivity (Wildman–Crippen MR) is 75.4 cm³/mol. The highest BCUT2D eigenvalue weighted by molar-refractivity contribution is 5.45. The van der Waals surface area contributed by atoms with E-state index < -0.39 is 0 Å².